The van der Waals surface area contributed by atoms with Gasteiger partial charge in [0.05, 0.1) is 22.5 Å². The van der Waals surface area contributed by atoms with Gasteiger partial charge in [-0.15, -0.1) is 0 Å². The van der Waals surface area contributed by atoms with Crippen molar-refractivity contribution in [1.82, 2.24) is 9.88 Å². The molecule has 1 fully saturated rings. The highest BCUT2D eigenvalue weighted by atomic mass is 19.4. The summed E-state index contributed by atoms with van der Waals surface area (Å²) in [7, 11) is 0. The molecule has 30 heavy (non-hydrogen) atoms. The van der Waals surface area contributed by atoms with E-state index in [4.69, 9.17) is 5.73 Å². The Morgan fingerprint density at radius 1 is 1.40 bits per heavy atom. The van der Waals surface area contributed by atoms with Gasteiger partial charge in [-0.25, -0.2) is 4.39 Å². The number of piperidine rings is 1. The lowest BCUT2D eigenvalue weighted by atomic mass is 9.96. The molecule has 0 unspecified atom stereocenters. The third-order valence-corrected chi connectivity index (χ3v) is 4.90. The van der Waals surface area contributed by atoms with E-state index in [0.29, 0.717) is 12.8 Å². The van der Waals surface area contributed by atoms with Gasteiger partial charge in [-0.2, -0.15) is 13.2 Å². The molecule has 0 saturated carbocycles. The smallest absolute Gasteiger partial charge is 0.387 e. The number of nitrogens with zero attached hydrogens (tertiary/aromatic N) is 2. The summed E-state index contributed by atoms with van der Waals surface area (Å²) in [6, 6.07) is 1.04. The van der Waals surface area contributed by atoms with E-state index in [1.165, 1.54) is 26.1 Å². The molecular formula is C19H26F4N4O3. The van der Waals surface area contributed by atoms with E-state index in [0.717, 1.165) is 4.90 Å². The summed E-state index contributed by atoms with van der Waals surface area (Å²) in [5.41, 5.74) is 4.07. The Labute approximate surface area is 171 Å². The van der Waals surface area contributed by atoms with Crippen LogP contribution in [0.15, 0.2) is 12.3 Å². The van der Waals surface area contributed by atoms with Crippen LogP contribution in [0.4, 0.5) is 23.2 Å². The van der Waals surface area contributed by atoms with Gasteiger partial charge in [0.1, 0.15) is 12.6 Å². The third-order valence-electron chi connectivity index (χ3n) is 4.90. The number of pyridine rings is 1. The third kappa shape index (κ3) is 6.54. The number of nitrogens with one attached hydrogen (secondary N) is 1. The van der Waals surface area contributed by atoms with E-state index in [2.05, 4.69) is 10.3 Å². The van der Waals surface area contributed by atoms with Crippen molar-refractivity contribution in [2.45, 2.75) is 63.5 Å². The van der Waals surface area contributed by atoms with Gasteiger partial charge in [0.2, 0.25) is 5.91 Å². The zero-order valence-electron chi connectivity index (χ0n) is 16.8. The van der Waals surface area contributed by atoms with E-state index >= 15 is 0 Å². The molecule has 168 valence electrons. The van der Waals surface area contributed by atoms with Crippen LogP contribution < -0.4 is 11.1 Å². The number of amides is 2. The molecule has 4 N–H and O–H groups in total. The summed E-state index contributed by atoms with van der Waals surface area (Å²) in [5, 5.41) is 12.8. The van der Waals surface area contributed by atoms with Crippen LogP contribution in [0.5, 0.6) is 0 Å². The normalized spacial score (nSPS) is 18.8. The molecule has 0 aromatic carbocycles. The molecule has 11 heteroatoms. The average Bonchev–Trinajstić information content (AvgIpc) is 2.59. The minimum absolute atomic E-state index is 0.0280. The molecule has 1 aromatic rings. The van der Waals surface area contributed by atoms with Crippen molar-refractivity contribution in [3.05, 3.63) is 23.5 Å². The van der Waals surface area contributed by atoms with Crippen LogP contribution in [0.3, 0.4) is 0 Å². The largest absolute Gasteiger partial charge is 0.397 e. The minimum Gasteiger partial charge on any atom is -0.387 e. The highest BCUT2D eigenvalue weighted by molar-refractivity contribution is 5.99. The molecule has 0 bridgehead atoms. The molecule has 2 amide bonds. The fourth-order valence-electron chi connectivity index (χ4n) is 3.30. The Morgan fingerprint density at radius 3 is 2.63 bits per heavy atom. The van der Waals surface area contributed by atoms with Gasteiger partial charge < -0.3 is 21.1 Å². The number of primary amides is 1. The van der Waals surface area contributed by atoms with Crippen LogP contribution in [0.2, 0.25) is 0 Å². The van der Waals surface area contributed by atoms with Gasteiger partial charge >= 0.3 is 6.18 Å². The molecule has 2 atom stereocenters. The topological polar surface area (TPSA) is 109 Å². The van der Waals surface area contributed by atoms with E-state index in [-0.39, 0.29) is 36.5 Å². The quantitative estimate of drug-likeness (QED) is 0.570. The van der Waals surface area contributed by atoms with Crippen LogP contribution in [-0.4, -0.2) is 63.9 Å². The number of nitrogens with two attached hydrogens (primary N) is 1. The molecular weight excluding hydrogens is 408 g/mol. The van der Waals surface area contributed by atoms with Crippen LogP contribution in [0.1, 0.15) is 49.2 Å². The van der Waals surface area contributed by atoms with Crippen LogP contribution in [-0.2, 0) is 11.2 Å². The fraction of sp³-hybridized carbons (Fsp3) is 0.632. The molecule has 1 saturated heterocycles. The Hall–Kier alpha value is -2.43. The number of carbonyl (C=O) groups is 2. The van der Waals surface area contributed by atoms with Gasteiger partial charge in [-0.3, -0.25) is 14.6 Å². The van der Waals surface area contributed by atoms with Crippen LogP contribution in [0.25, 0.3) is 0 Å². The van der Waals surface area contributed by atoms with Crippen LogP contribution in [0, 0.1) is 0 Å². The average molecular weight is 434 g/mol. The number of likely N-dealkylation sites (tertiary alicyclic amines) is 1. The first-order chi connectivity index (χ1) is 13.8. The summed E-state index contributed by atoms with van der Waals surface area (Å²) >= 11 is 0. The second-order valence-electron chi connectivity index (χ2n) is 7.98. The molecule has 0 aliphatic carbocycles. The van der Waals surface area contributed by atoms with Gasteiger partial charge in [0.15, 0.2) is 0 Å². The van der Waals surface area contributed by atoms with Crippen LogP contribution >= 0.6 is 0 Å². The fourth-order valence-corrected chi connectivity index (χ4v) is 3.30. The number of halogens is 4. The monoisotopic (exact) mass is 434 g/mol. The highest BCUT2D eigenvalue weighted by Gasteiger charge is 2.35. The maximum atomic E-state index is 14.3. The maximum Gasteiger partial charge on any atom is 0.397 e. The zero-order valence-corrected chi connectivity index (χ0v) is 16.8. The molecule has 1 aliphatic rings. The molecule has 0 spiro atoms. The lowest BCUT2D eigenvalue weighted by Crippen LogP contribution is -2.46. The number of carbonyl (C=O) groups excluding carboxylic acids is 2. The molecule has 1 aliphatic heterocycles. The number of hydrogen-bond acceptors (Lipinski definition) is 5. The second kappa shape index (κ2) is 9.15. The predicted octanol–water partition coefficient (Wildman–Crippen LogP) is 2.19. The predicted molar refractivity (Wildman–Crippen MR) is 102 cm³/mol. The Balaban J connectivity index is 2.18. The number of aliphatic hydroxyl groups is 1. The molecule has 2 heterocycles. The van der Waals surface area contributed by atoms with Crippen molar-refractivity contribution in [2.24, 2.45) is 5.73 Å². The molecule has 2 rings (SSSR count). The SMILES string of the molecule is CC(C)(O)[C@H](F)Cc1nccc(N[C@@H]2CCCN(C(=O)CC(F)(F)F)C2)c1C(N)=O. The number of anilines is 1. The van der Waals surface area contributed by atoms with Crippen molar-refractivity contribution in [1.29, 1.82) is 0 Å². The van der Waals surface area contributed by atoms with Crippen molar-refractivity contribution in [3.63, 3.8) is 0 Å². The van der Waals surface area contributed by atoms with Crippen molar-refractivity contribution >= 4 is 17.5 Å². The summed E-state index contributed by atoms with van der Waals surface area (Å²) in [6.45, 7) is 2.82. The van der Waals surface area contributed by atoms with Gasteiger partial charge in [0, 0.05) is 31.7 Å². The maximum absolute atomic E-state index is 14.3. The zero-order chi connectivity index (χ0) is 22.7. The van der Waals surface area contributed by atoms with Crippen molar-refractivity contribution in [2.75, 3.05) is 18.4 Å². The highest BCUT2D eigenvalue weighted by Crippen LogP contribution is 2.26. The number of alkyl halides is 4. The van der Waals surface area contributed by atoms with Crippen molar-refractivity contribution < 1.29 is 32.3 Å². The number of hydrogen-bond donors (Lipinski definition) is 3. The van der Waals surface area contributed by atoms with Gasteiger partial charge in [-0.05, 0) is 32.8 Å². The Bertz CT molecular complexity index is 780. The standard InChI is InChI=1S/C19H26F4N4O3/c1-18(2,30)14(20)8-13-16(17(24)29)12(5-6-25-13)26-11-4-3-7-27(10-11)15(28)9-19(21,22)23/h5-6,11,14,30H,3-4,7-10H2,1-2H3,(H2,24,29)(H,25,26)/t11-,14-/m1/s1. The van der Waals surface area contributed by atoms with Gasteiger partial charge in [-0.1, -0.05) is 0 Å². The van der Waals surface area contributed by atoms with E-state index in [9.17, 15) is 32.3 Å². The molecule has 7 nitrogen and oxygen atoms in total. The lowest BCUT2D eigenvalue weighted by Gasteiger charge is -2.34. The summed E-state index contributed by atoms with van der Waals surface area (Å²) in [6.07, 6.45) is -5.78. The first-order valence-electron chi connectivity index (χ1n) is 9.53. The summed E-state index contributed by atoms with van der Waals surface area (Å²) < 4.78 is 51.8. The Kier molecular flexibility index (Phi) is 7.27. The van der Waals surface area contributed by atoms with E-state index in [1.807, 2.05) is 0 Å². The summed E-state index contributed by atoms with van der Waals surface area (Å²) in [5.74, 6) is -1.87. The number of rotatable bonds is 7. The lowest BCUT2D eigenvalue weighted by molar-refractivity contribution is -0.162. The number of aromatic nitrogens is 1. The molecule has 1 aromatic heterocycles. The van der Waals surface area contributed by atoms with Crippen molar-refractivity contribution in [3.8, 4) is 0 Å². The minimum atomic E-state index is -4.58. The van der Waals surface area contributed by atoms with E-state index in [1.54, 1.807) is 0 Å². The Morgan fingerprint density at radius 2 is 2.07 bits per heavy atom. The second-order valence-corrected chi connectivity index (χ2v) is 7.98. The summed E-state index contributed by atoms with van der Waals surface area (Å²) in [4.78, 5) is 29.0. The first kappa shape index (κ1) is 23.8. The molecule has 0 radical (unpaired) electrons. The van der Waals surface area contributed by atoms with E-state index < -0.39 is 42.2 Å². The van der Waals surface area contributed by atoms with Gasteiger partial charge in [0.25, 0.3) is 5.91 Å². The first-order valence-corrected chi connectivity index (χ1v) is 9.53.